The molecule has 0 amide bonds. The Kier molecular flexibility index (Phi) is 3.52. The largest absolute Gasteiger partial charge is 0.465 e. The van der Waals surface area contributed by atoms with E-state index in [4.69, 9.17) is 4.74 Å². The zero-order valence-corrected chi connectivity index (χ0v) is 9.59. The molecule has 0 N–H and O–H groups in total. The molecule has 0 spiro atoms. The third-order valence-electron chi connectivity index (χ3n) is 2.21. The van der Waals surface area contributed by atoms with E-state index >= 15 is 0 Å². The van der Waals surface area contributed by atoms with Crippen LogP contribution in [0.15, 0.2) is 42.6 Å². The summed E-state index contributed by atoms with van der Waals surface area (Å²) < 4.78 is 23.2. The Morgan fingerprint density at radius 3 is 2.78 bits per heavy atom. The van der Waals surface area contributed by atoms with Crippen molar-refractivity contribution >= 4 is 5.97 Å². The monoisotopic (exact) mass is 247 g/mol. The van der Waals surface area contributed by atoms with Crippen LogP contribution in [0, 0.1) is 5.82 Å². The molecule has 1 heterocycles. The summed E-state index contributed by atoms with van der Waals surface area (Å²) in [4.78, 5) is 15.2. The normalized spacial score (nSPS) is 9.89. The van der Waals surface area contributed by atoms with E-state index in [1.165, 1.54) is 37.6 Å². The zero-order chi connectivity index (χ0) is 13.0. The molecule has 0 fully saturated rings. The molecule has 0 saturated heterocycles. The van der Waals surface area contributed by atoms with Gasteiger partial charge in [-0.1, -0.05) is 12.1 Å². The number of methoxy groups -OCH3 is 1. The van der Waals surface area contributed by atoms with Crippen molar-refractivity contribution < 1.29 is 18.7 Å². The Labute approximate surface area is 103 Å². The van der Waals surface area contributed by atoms with Crippen LogP contribution in [0.4, 0.5) is 4.39 Å². The molecule has 0 aliphatic carbocycles. The van der Waals surface area contributed by atoms with Gasteiger partial charge in [-0.3, -0.25) is 0 Å². The van der Waals surface area contributed by atoms with Crippen molar-refractivity contribution in [3.05, 3.63) is 54.0 Å². The molecule has 2 rings (SSSR count). The van der Waals surface area contributed by atoms with Crippen LogP contribution < -0.4 is 4.74 Å². The number of pyridine rings is 1. The number of benzene rings is 1. The smallest absolute Gasteiger partial charge is 0.338 e. The molecule has 92 valence electrons. The van der Waals surface area contributed by atoms with E-state index in [0.29, 0.717) is 5.56 Å². The first kappa shape index (κ1) is 12.0. The predicted octanol–water partition coefficient (Wildman–Crippen LogP) is 2.80. The van der Waals surface area contributed by atoms with E-state index < -0.39 is 11.8 Å². The van der Waals surface area contributed by atoms with Gasteiger partial charge in [-0.15, -0.1) is 0 Å². The lowest BCUT2D eigenvalue weighted by molar-refractivity contribution is 0.0600. The number of esters is 1. The summed E-state index contributed by atoms with van der Waals surface area (Å²) in [6, 6.07) is 8.82. The summed E-state index contributed by atoms with van der Waals surface area (Å²) in [6.45, 7) is 0. The minimum atomic E-state index is -0.504. The lowest BCUT2D eigenvalue weighted by atomic mass is 10.3. The Balaban J connectivity index is 2.25. The fourth-order valence-corrected chi connectivity index (χ4v) is 1.35. The topological polar surface area (TPSA) is 48.4 Å². The molecule has 1 aromatic carbocycles. The summed E-state index contributed by atoms with van der Waals surface area (Å²) >= 11 is 0. The number of carbonyl (C=O) groups excluding carboxylic acids is 1. The Morgan fingerprint density at radius 2 is 2.06 bits per heavy atom. The lowest BCUT2D eigenvalue weighted by Gasteiger charge is -2.06. The molecule has 18 heavy (non-hydrogen) atoms. The van der Waals surface area contributed by atoms with Crippen molar-refractivity contribution in [3.8, 4) is 11.6 Å². The van der Waals surface area contributed by atoms with E-state index in [0.717, 1.165) is 0 Å². The number of rotatable bonds is 3. The first-order valence-electron chi connectivity index (χ1n) is 5.17. The van der Waals surface area contributed by atoms with Crippen LogP contribution >= 0.6 is 0 Å². The highest BCUT2D eigenvalue weighted by molar-refractivity contribution is 5.89. The third kappa shape index (κ3) is 2.63. The molecule has 5 heteroatoms. The van der Waals surface area contributed by atoms with E-state index in [1.807, 2.05) is 0 Å². The van der Waals surface area contributed by atoms with Crippen molar-refractivity contribution in [2.24, 2.45) is 0 Å². The van der Waals surface area contributed by atoms with E-state index in [9.17, 15) is 9.18 Å². The number of para-hydroxylation sites is 1. The predicted molar refractivity (Wildman–Crippen MR) is 62.1 cm³/mol. The summed E-state index contributed by atoms with van der Waals surface area (Å²) in [5.74, 6) is -0.825. The molecule has 1 aromatic heterocycles. The molecule has 0 radical (unpaired) electrons. The second kappa shape index (κ2) is 5.27. The Bertz CT molecular complexity index is 572. The van der Waals surface area contributed by atoms with Crippen molar-refractivity contribution in [2.75, 3.05) is 7.11 Å². The van der Waals surface area contributed by atoms with Crippen molar-refractivity contribution in [1.29, 1.82) is 0 Å². The number of ether oxygens (including phenoxy) is 2. The first-order valence-corrected chi connectivity index (χ1v) is 5.17. The highest BCUT2D eigenvalue weighted by atomic mass is 19.1. The number of hydrogen-bond donors (Lipinski definition) is 0. The summed E-state index contributed by atoms with van der Waals surface area (Å²) in [5, 5.41) is 0. The molecule has 2 aromatic rings. The quantitative estimate of drug-likeness (QED) is 0.782. The van der Waals surface area contributed by atoms with Crippen LogP contribution in [0.25, 0.3) is 0 Å². The SMILES string of the molecule is COC(=O)c1ccnc(Oc2ccccc2F)c1. The molecule has 0 aliphatic heterocycles. The van der Waals surface area contributed by atoms with Gasteiger partial charge >= 0.3 is 5.97 Å². The van der Waals surface area contributed by atoms with Gasteiger partial charge in [0.15, 0.2) is 11.6 Å². The summed E-state index contributed by atoms with van der Waals surface area (Å²) in [5.41, 5.74) is 0.291. The van der Waals surface area contributed by atoms with Gasteiger partial charge in [-0.05, 0) is 18.2 Å². The van der Waals surface area contributed by atoms with Crippen LogP contribution in [-0.4, -0.2) is 18.1 Å². The van der Waals surface area contributed by atoms with Gasteiger partial charge in [0, 0.05) is 12.3 Å². The van der Waals surface area contributed by atoms with Gasteiger partial charge in [0.2, 0.25) is 5.88 Å². The molecule has 0 unspecified atom stereocenters. The zero-order valence-electron chi connectivity index (χ0n) is 9.59. The van der Waals surface area contributed by atoms with Crippen LogP contribution in [0.5, 0.6) is 11.6 Å². The fourth-order valence-electron chi connectivity index (χ4n) is 1.35. The molecule has 4 nitrogen and oxygen atoms in total. The van der Waals surface area contributed by atoms with Gasteiger partial charge in [0.05, 0.1) is 12.7 Å². The number of halogens is 1. The maximum atomic E-state index is 13.4. The van der Waals surface area contributed by atoms with Crippen LogP contribution in [0.2, 0.25) is 0 Å². The molecular weight excluding hydrogens is 237 g/mol. The van der Waals surface area contributed by atoms with Gasteiger partial charge in [-0.2, -0.15) is 0 Å². The minimum absolute atomic E-state index is 0.0482. The van der Waals surface area contributed by atoms with Crippen LogP contribution in [-0.2, 0) is 4.74 Å². The maximum absolute atomic E-state index is 13.4. The van der Waals surface area contributed by atoms with Crippen molar-refractivity contribution in [1.82, 2.24) is 4.98 Å². The second-order valence-corrected chi connectivity index (χ2v) is 3.41. The highest BCUT2D eigenvalue weighted by Gasteiger charge is 2.09. The molecule has 0 aliphatic rings. The fraction of sp³-hybridized carbons (Fsp3) is 0.0769. The van der Waals surface area contributed by atoms with Crippen molar-refractivity contribution in [3.63, 3.8) is 0 Å². The van der Waals surface area contributed by atoms with E-state index in [-0.39, 0.29) is 11.6 Å². The standard InChI is InChI=1S/C13H10FNO3/c1-17-13(16)9-6-7-15-12(8-9)18-11-5-3-2-4-10(11)14/h2-8H,1H3. The molecular formula is C13H10FNO3. The lowest BCUT2D eigenvalue weighted by Crippen LogP contribution is -2.02. The van der Waals surface area contributed by atoms with Gasteiger partial charge < -0.3 is 9.47 Å². The van der Waals surface area contributed by atoms with E-state index in [1.54, 1.807) is 12.1 Å². The summed E-state index contributed by atoms with van der Waals surface area (Å²) in [7, 11) is 1.28. The Morgan fingerprint density at radius 1 is 1.28 bits per heavy atom. The molecule has 0 atom stereocenters. The van der Waals surface area contributed by atoms with Gasteiger partial charge in [0.1, 0.15) is 0 Å². The van der Waals surface area contributed by atoms with Crippen LogP contribution in [0.3, 0.4) is 0 Å². The second-order valence-electron chi connectivity index (χ2n) is 3.41. The highest BCUT2D eigenvalue weighted by Crippen LogP contribution is 2.22. The average Bonchev–Trinajstić information content (AvgIpc) is 2.41. The third-order valence-corrected chi connectivity index (χ3v) is 2.21. The average molecular weight is 247 g/mol. The molecule has 0 bridgehead atoms. The van der Waals surface area contributed by atoms with E-state index in [2.05, 4.69) is 9.72 Å². The molecule has 0 saturated carbocycles. The van der Waals surface area contributed by atoms with Crippen molar-refractivity contribution in [2.45, 2.75) is 0 Å². The number of carbonyl (C=O) groups is 1. The van der Waals surface area contributed by atoms with Crippen LogP contribution in [0.1, 0.15) is 10.4 Å². The van der Waals surface area contributed by atoms with Gasteiger partial charge in [-0.25, -0.2) is 14.2 Å². The Hall–Kier alpha value is -2.43. The first-order chi connectivity index (χ1) is 8.70. The van der Waals surface area contributed by atoms with Gasteiger partial charge in [0.25, 0.3) is 0 Å². The minimum Gasteiger partial charge on any atom is -0.465 e. The number of aromatic nitrogens is 1. The summed E-state index contributed by atoms with van der Waals surface area (Å²) in [6.07, 6.45) is 1.39. The number of nitrogens with zero attached hydrogens (tertiary/aromatic N) is 1. The maximum Gasteiger partial charge on any atom is 0.338 e. The number of hydrogen-bond acceptors (Lipinski definition) is 4.